The molecule has 1 saturated heterocycles. The molecule has 0 saturated carbocycles. The standard InChI is InChI=1S/C21H18ClN3O4S2/c1-2-29-16-9-3-13(4-10-16)11-17-20(28)25(21(30)31-17)12-18(26)23-24-19(27)14-5-7-15(22)8-6-14/h3-11H,2,12H2,1H3,(H,23,26)(H,24,27). The average Bonchev–Trinajstić information content (AvgIpc) is 3.01. The molecule has 0 atom stereocenters. The van der Waals surface area contributed by atoms with Crippen molar-refractivity contribution in [1.29, 1.82) is 0 Å². The minimum absolute atomic E-state index is 0.265. The van der Waals surface area contributed by atoms with Gasteiger partial charge in [-0.3, -0.25) is 30.1 Å². The van der Waals surface area contributed by atoms with Crippen molar-refractivity contribution in [3.63, 3.8) is 0 Å². The number of rotatable bonds is 6. The van der Waals surface area contributed by atoms with E-state index in [9.17, 15) is 14.4 Å². The van der Waals surface area contributed by atoms with E-state index in [0.717, 1.165) is 23.1 Å². The van der Waals surface area contributed by atoms with Crippen molar-refractivity contribution >= 4 is 63.7 Å². The normalized spacial score (nSPS) is 14.6. The molecule has 2 aromatic carbocycles. The van der Waals surface area contributed by atoms with Crippen LogP contribution in [-0.4, -0.2) is 40.1 Å². The lowest BCUT2D eigenvalue weighted by atomic mass is 10.2. The van der Waals surface area contributed by atoms with Crippen molar-refractivity contribution in [3.8, 4) is 5.75 Å². The number of ether oxygens (including phenoxy) is 1. The van der Waals surface area contributed by atoms with Crippen molar-refractivity contribution < 1.29 is 19.1 Å². The summed E-state index contributed by atoms with van der Waals surface area (Å²) in [4.78, 5) is 38.5. The van der Waals surface area contributed by atoms with Crippen LogP contribution in [0.1, 0.15) is 22.8 Å². The van der Waals surface area contributed by atoms with Gasteiger partial charge in [-0.05, 0) is 55.0 Å². The Kier molecular flexibility index (Phi) is 7.67. The van der Waals surface area contributed by atoms with Crippen LogP contribution in [-0.2, 0) is 9.59 Å². The average molecular weight is 476 g/mol. The smallest absolute Gasteiger partial charge is 0.269 e. The van der Waals surface area contributed by atoms with E-state index in [-0.39, 0.29) is 16.8 Å². The van der Waals surface area contributed by atoms with Gasteiger partial charge in [-0.1, -0.05) is 47.7 Å². The molecule has 0 aromatic heterocycles. The Labute approximate surface area is 193 Å². The first-order valence-electron chi connectivity index (χ1n) is 9.20. The molecule has 0 spiro atoms. The summed E-state index contributed by atoms with van der Waals surface area (Å²) in [5, 5.41) is 0.494. The topological polar surface area (TPSA) is 87.7 Å². The second-order valence-corrected chi connectivity index (χ2v) is 8.39. The Morgan fingerprint density at radius 3 is 2.45 bits per heavy atom. The maximum absolute atomic E-state index is 12.7. The zero-order valence-corrected chi connectivity index (χ0v) is 18.8. The molecule has 2 N–H and O–H groups in total. The lowest BCUT2D eigenvalue weighted by Crippen LogP contribution is -2.47. The van der Waals surface area contributed by atoms with E-state index in [1.54, 1.807) is 18.2 Å². The quantitative estimate of drug-likeness (QED) is 0.378. The van der Waals surface area contributed by atoms with Crippen LogP contribution in [0.25, 0.3) is 6.08 Å². The zero-order chi connectivity index (χ0) is 22.4. The number of thiocarbonyl (C=S) groups is 1. The third-order valence-corrected chi connectivity index (χ3v) is 5.72. The third-order valence-electron chi connectivity index (χ3n) is 4.09. The zero-order valence-electron chi connectivity index (χ0n) is 16.4. The fraction of sp³-hybridized carbons (Fsp3) is 0.143. The number of amides is 3. The maximum Gasteiger partial charge on any atom is 0.269 e. The number of thioether (sulfide) groups is 1. The van der Waals surface area contributed by atoms with Gasteiger partial charge in [0.25, 0.3) is 17.7 Å². The van der Waals surface area contributed by atoms with Crippen molar-refractivity contribution in [3.05, 3.63) is 69.6 Å². The largest absolute Gasteiger partial charge is 0.494 e. The summed E-state index contributed by atoms with van der Waals surface area (Å²) < 4.78 is 5.67. The van der Waals surface area contributed by atoms with Gasteiger partial charge < -0.3 is 4.74 Å². The SMILES string of the molecule is CCOc1ccc(C=C2SC(=S)N(CC(=O)NNC(=O)c3ccc(Cl)cc3)C2=O)cc1. The summed E-state index contributed by atoms with van der Waals surface area (Å²) in [6.45, 7) is 2.16. The number of hydrazine groups is 1. The highest BCUT2D eigenvalue weighted by Crippen LogP contribution is 2.32. The summed E-state index contributed by atoms with van der Waals surface area (Å²) in [7, 11) is 0. The Morgan fingerprint density at radius 1 is 1.13 bits per heavy atom. The van der Waals surface area contributed by atoms with Gasteiger partial charge in [-0.25, -0.2) is 0 Å². The minimum Gasteiger partial charge on any atom is -0.494 e. The van der Waals surface area contributed by atoms with E-state index < -0.39 is 11.8 Å². The monoisotopic (exact) mass is 475 g/mol. The van der Waals surface area contributed by atoms with Crippen LogP contribution in [0.15, 0.2) is 53.4 Å². The number of halogens is 1. The number of benzene rings is 2. The molecule has 160 valence electrons. The number of nitrogens with zero attached hydrogens (tertiary/aromatic N) is 1. The molecule has 1 heterocycles. The molecule has 3 rings (SSSR count). The predicted molar refractivity (Wildman–Crippen MR) is 125 cm³/mol. The predicted octanol–water partition coefficient (Wildman–Crippen LogP) is 3.40. The highest BCUT2D eigenvalue weighted by molar-refractivity contribution is 8.26. The first-order chi connectivity index (χ1) is 14.9. The summed E-state index contributed by atoms with van der Waals surface area (Å²) >= 11 is 12.1. The summed E-state index contributed by atoms with van der Waals surface area (Å²) in [5.74, 6) is -0.723. The van der Waals surface area contributed by atoms with E-state index in [2.05, 4.69) is 10.9 Å². The van der Waals surface area contributed by atoms with Gasteiger partial charge in [0.2, 0.25) is 0 Å². The van der Waals surface area contributed by atoms with E-state index in [4.69, 9.17) is 28.6 Å². The molecule has 0 radical (unpaired) electrons. The summed E-state index contributed by atoms with van der Waals surface area (Å²) in [5.41, 5.74) is 5.71. The number of hydrogen-bond donors (Lipinski definition) is 2. The Bertz CT molecular complexity index is 1040. The molecule has 3 amide bonds. The number of nitrogens with one attached hydrogen (secondary N) is 2. The molecule has 0 bridgehead atoms. The second-order valence-electron chi connectivity index (χ2n) is 6.28. The molecular weight excluding hydrogens is 458 g/mol. The molecular formula is C21H18ClN3O4S2. The highest BCUT2D eigenvalue weighted by atomic mass is 35.5. The van der Waals surface area contributed by atoms with E-state index >= 15 is 0 Å². The summed E-state index contributed by atoms with van der Waals surface area (Å²) in [6, 6.07) is 13.5. The Balaban J connectivity index is 1.57. The van der Waals surface area contributed by atoms with Crippen molar-refractivity contribution in [1.82, 2.24) is 15.8 Å². The molecule has 10 heteroatoms. The number of hydrogen-bond acceptors (Lipinski definition) is 6. The van der Waals surface area contributed by atoms with Gasteiger partial charge in [-0.15, -0.1) is 0 Å². The molecule has 1 fully saturated rings. The van der Waals surface area contributed by atoms with E-state index in [0.29, 0.717) is 22.1 Å². The lowest BCUT2D eigenvalue weighted by Gasteiger charge is -2.14. The van der Waals surface area contributed by atoms with Gasteiger partial charge in [-0.2, -0.15) is 0 Å². The van der Waals surface area contributed by atoms with Gasteiger partial charge in [0.15, 0.2) is 0 Å². The molecule has 0 aliphatic carbocycles. The van der Waals surface area contributed by atoms with E-state index in [1.807, 2.05) is 31.2 Å². The van der Waals surface area contributed by atoms with Crippen LogP contribution in [0.4, 0.5) is 0 Å². The first-order valence-corrected chi connectivity index (χ1v) is 10.8. The van der Waals surface area contributed by atoms with Crippen LogP contribution >= 0.6 is 35.6 Å². The fourth-order valence-electron chi connectivity index (χ4n) is 2.60. The van der Waals surface area contributed by atoms with Gasteiger partial charge in [0, 0.05) is 10.6 Å². The third kappa shape index (κ3) is 6.06. The molecule has 31 heavy (non-hydrogen) atoms. The van der Waals surface area contributed by atoms with Crippen LogP contribution in [0.3, 0.4) is 0 Å². The Hall–Kier alpha value is -2.88. The van der Waals surface area contributed by atoms with Crippen molar-refractivity contribution in [2.75, 3.05) is 13.2 Å². The second kappa shape index (κ2) is 10.4. The van der Waals surface area contributed by atoms with Crippen LogP contribution in [0.2, 0.25) is 5.02 Å². The molecule has 1 aliphatic heterocycles. The van der Waals surface area contributed by atoms with Crippen molar-refractivity contribution in [2.24, 2.45) is 0 Å². The fourth-order valence-corrected chi connectivity index (χ4v) is 3.98. The number of carbonyl (C=O) groups is 3. The Morgan fingerprint density at radius 2 is 1.81 bits per heavy atom. The maximum atomic E-state index is 12.7. The molecule has 1 aliphatic rings. The van der Waals surface area contributed by atoms with Crippen molar-refractivity contribution in [2.45, 2.75) is 6.92 Å². The lowest BCUT2D eigenvalue weighted by molar-refractivity contribution is -0.129. The van der Waals surface area contributed by atoms with E-state index in [1.165, 1.54) is 17.0 Å². The minimum atomic E-state index is -0.582. The van der Waals surface area contributed by atoms with Gasteiger partial charge in [0.05, 0.1) is 11.5 Å². The molecule has 0 unspecified atom stereocenters. The van der Waals surface area contributed by atoms with Gasteiger partial charge in [0.1, 0.15) is 16.6 Å². The van der Waals surface area contributed by atoms with Crippen LogP contribution < -0.4 is 15.6 Å². The number of carbonyl (C=O) groups excluding carboxylic acids is 3. The van der Waals surface area contributed by atoms with Gasteiger partial charge >= 0.3 is 0 Å². The first kappa shape index (κ1) is 22.8. The summed E-state index contributed by atoms with van der Waals surface area (Å²) in [6.07, 6.45) is 1.70. The van der Waals surface area contributed by atoms with Crippen LogP contribution in [0, 0.1) is 0 Å². The molecule has 7 nitrogen and oxygen atoms in total. The van der Waals surface area contributed by atoms with Crippen LogP contribution in [0.5, 0.6) is 5.75 Å². The molecule has 2 aromatic rings. The highest BCUT2D eigenvalue weighted by Gasteiger charge is 2.33.